The van der Waals surface area contributed by atoms with E-state index in [1.54, 1.807) is 6.92 Å². The highest BCUT2D eigenvalue weighted by Crippen LogP contribution is 2.39. The van der Waals surface area contributed by atoms with E-state index in [9.17, 15) is 4.57 Å². The zero-order valence-corrected chi connectivity index (χ0v) is 18.9. The van der Waals surface area contributed by atoms with Gasteiger partial charge in [0.1, 0.15) is 12.4 Å². The van der Waals surface area contributed by atoms with Crippen molar-refractivity contribution < 1.29 is 18.8 Å². The summed E-state index contributed by atoms with van der Waals surface area (Å²) in [5.41, 5.74) is 5.16. The van der Waals surface area contributed by atoms with Crippen LogP contribution in [0.4, 0.5) is 0 Å². The van der Waals surface area contributed by atoms with Crippen molar-refractivity contribution in [3.8, 4) is 41.3 Å². The second kappa shape index (κ2) is 11.8. The van der Waals surface area contributed by atoms with Gasteiger partial charge in [-0.1, -0.05) is 5.21 Å². The first kappa shape index (κ1) is 24.0. The molecule has 0 atom stereocenters. The van der Waals surface area contributed by atoms with E-state index in [1.165, 1.54) is 10.9 Å². The highest BCUT2D eigenvalue weighted by atomic mass is 31.2. The number of aromatic nitrogens is 7. The molecule has 2 aromatic heterocycles. The second-order valence-electron chi connectivity index (χ2n) is 6.58. The highest BCUT2D eigenvalue weighted by Gasteiger charge is 2.22. The number of ether oxygens (including phenoxy) is 3. The first-order valence-corrected chi connectivity index (χ1v) is 11.6. The molecule has 0 fully saturated rings. The lowest BCUT2D eigenvalue weighted by Gasteiger charge is -2.08. The van der Waals surface area contributed by atoms with Gasteiger partial charge in [-0.3, -0.25) is 4.57 Å². The predicted octanol–water partition coefficient (Wildman–Crippen LogP) is 1.12. The van der Waals surface area contributed by atoms with Crippen molar-refractivity contribution >= 4 is 12.6 Å². The van der Waals surface area contributed by atoms with Crippen molar-refractivity contribution in [2.45, 2.75) is 13.5 Å². The van der Waals surface area contributed by atoms with Crippen molar-refractivity contribution in [3.63, 3.8) is 0 Å². The Morgan fingerprint density at radius 3 is 2.21 bits per heavy atom. The number of nitrogens with zero attached hydrogens (tertiary/aromatic N) is 7. The average molecular weight is 467 g/mol. The van der Waals surface area contributed by atoms with Gasteiger partial charge in [0.05, 0.1) is 39.2 Å². The first-order valence-electron chi connectivity index (χ1n) is 9.93. The van der Waals surface area contributed by atoms with Crippen LogP contribution in [0.15, 0.2) is 30.5 Å². The van der Waals surface area contributed by atoms with Crippen LogP contribution in [0.1, 0.15) is 5.82 Å². The zero-order valence-electron chi connectivity index (χ0n) is 18.0. The summed E-state index contributed by atoms with van der Waals surface area (Å²) in [6.45, 7) is 4.16. The second-order valence-corrected chi connectivity index (χ2v) is 8.77. The van der Waals surface area contributed by atoms with Gasteiger partial charge in [0.2, 0.25) is 5.82 Å². The predicted molar refractivity (Wildman–Crippen MR) is 120 cm³/mol. The normalized spacial score (nSPS) is 11.0. The molecule has 0 radical (unpaired) electrons. The summed E-state index contributed by atoms with van der Waals surface area (Å²) in [4.78, 5) is 0. The van der Waals surface area contributed by atoms with E-state index in [0.717, 1.165) is 5.56 Å². The van der Waals surface area contributed by atoms with Crippen molar-refractivity contribution in [2.75, 3.05) is 33.0 Å². The molecule has 0 saturated carbocycles. The molecule has 2 heterocycles. The smallest absolute Gasteiger partial charge is 0.271 e. The Morgan fingerprint density at radius 1 is 0.909 bits per heavy atom. The maximum atomic E-state index is 12.2. The molecule has 12 heteroatoms. The van der Waals surface area contributed by atoms with E-state index in [-0.39, 0.29) is 5.44 Å². The standard InChI is InChI=1S/C21H22N7O4P/c1-4-33(29,5-2)20-16-28(27-24-20)10-11-30-12-13-31-14-15-32-19-8-6-18(7-9-19)21-25-22-17(3)23-26-21/h1-2,6-9,16H,10-15H2,3H3. The zero-order chi connectivity index (χ0) is 23.5. The lowest BCUT2D eigenvalue weighted by atomic mass is 10.2. The van der Waals surface area contributed by atoms with Crippen molar-refractivity contribution in [3.05, 3.63) is 36.3 Å². The molecule has 0 unspecified atom stereocenters. The van der Waals surface area contributed by atoms with Crippen LogP contribution in [0.3, 0.4) is 0 Å². The SMILES string of the molecule is C#CP(=O)(C#C)c1cn(CCOCCOCCOc2ccc(-c3nnc(C)nn3)cc2)nn1. The van der Waals surface area contributed by atoms with Crippen LogP contribution >= 0.6 is 7.14 Å². The molecule has 0 aliphatic heterocycles. The third-order valence-corrected chi connectivity index (χ3v) is 5.81. The van der Waals surface area contributed by atoms with Crippen molar-refractivity contribution in [2.24, 2.45) is 0 Å². The van der Waals surface area contributed by atoms with E-state index >= 15 is 0 Å². The fourth-order valence-electron chi connectivity index (χ4n) is 2.50. The van der Waals surface area contributed by atoms with E-state index in [1.807, 2.05) is 24.3 Å². The third-order valence-electron chi connectivity index (χ3n) is 4.24. The Balaban J connectivity index is 1.26. The molecule has 1 aromatic carbocycles. The van der Waals surface area contributed by atoms with Gasteiger partial charge < -0.3 is 14.2 Å². The quantitative estimate of drug-likeness (QED) is 0.217. The van der Waals surface area contributed by atoms with Gasteiger partial charge in [-0.05, 0) is 42.5 Å². The van der Waals surface area contributed by atoms with Gasteiger partial charge in [-0.25, -0.2) is 4.68 Å². The monoisotopic (exact) mass is 467 g/mol. The number of hydrogen-bond donors (Lipinski definition) is 0. The first-order chi connectivity index (χ1) is 16.0. The highest BCUT2D eigenvalue weighted by molar-refractivity contribution is 7.80. The topological polar surface area (TPSA) is 127 Å². The van der Waals surface area contributed by atoms with Crippen molar-refractivity contribution in [1.29, 1.82) is 0 Å². The van der Waals surface area contributed by atoms with Crippen molar-refractivity contribution in [1.82, 2.24) is 35.4 Å². The van der Waals surface area contributed by atoms with Gasteiger partial charge in [0.25, 0.3) is 7.14 Å². The molecule has 11 nitrogen and oxygen atoms in total. The molecule has 0 saturated heterocycles. The Labute approximate surface area is 191 Å². The van der Waals surface area contributed by atoms with Gasteiger partial charge in [0.15, 0.2) is 11.3 Å². The minimum Gasteiger partial charge on any atom is -0.491 e. The fourth-order valence-corrected chi connectivity index (χ4v) is 3.31. The Kier molecular flexibility index (Phi) is 8.62. The Hall–Kier alpha value is -3.63. The Morgan fingerprint density at radius 2 is 1.55 bits per heavy atom. The minimum absolute atomic E-state index is 0.128. The molecule has 170 valence electrons. The number of benzene rings is 1. The van der Waals surface area contributed by atoms with Gasteiger partial charge in [-0.2, -0.15) is 0 Å². The summed E-state index contributed by atoms with van der Waals surface area (Å²) >= 11 is 0. The van der Waals surface area contributed by atoms with E-state index in [0.29, 0.717) is 57.0 Å². The molecule has 0 aliphatic carbocycles. The molecular weight excluding hydrogens is 445 g/mol. The van der Waals surface area contributed by atoms with E-state index < -0.39 is 7.14 Å². The summed E-state index contributed by atoms with van der Waals surface area (Å²) < 4.78 is 30.3. The third kappa shape index (κ3) is 6.93. The maximum absolute atomic E-state index is 12.2. The summed E-state index contributed by atoms with van der Waals surface area (Å²) in [7, 11) is -3.34. The van der Waals surface area contributed by atoms with Crippen LogP contribution in [-0.4, -0.2) is 68.4 Å². The molecule has 0 amide bonds. The fraction of sp³-hybridized carbons (Fsp3) is 0.333. The summed E-state index contributed by atoms with van der Waals surface area (Å²) in [6.07, 6.45) is 11.9. The van der Waals surface area contributed by atoms with Crippen LogP contribution in [0, 0.1) is 31.1 Å². The molecule has 0 N–H and O–H groups in total. The van der Waals surface area contributed by atoms with Crippen LogP contribution in [0.25, 0.3) is 11.4 Å². The molecular formula is C21H22N7O4P. The van der Waals surface area contributed by atoms with Crippen LogP contribution in [0.2, 0.25) is 0 Å². The largest absolute Gasteiger partial charge is 0.491 e. The van der Waals surface area contributed by atoms with E-state index in [4.69, 9.17) is 27.1 Å². The summed E-state index contributed by atoms with van der Waals surface area (Å²) in [5.74, 6) is 1.69. The maximum Gasteiger partial charge on any atom is 0.271 e. The van der Waals surface area contributed by atoms with Crippen LogP contribution in [0.5, 0.6) is 5.75 Å². The number of hydrogen-bond acceptors (Lipinski definition) is 10. The number of rotatable bonds is 12. The number of terminal acetylenes is 2. The van der Waals surface area contributed by atoms with E-state index in [2.05, 4.69) is 42.0 Å². The molecule has 33 heavy (non-hydrogen) atoms. The minimum atomic E-state index is -3.34. The Bertz CT molecular complexity index is 1150. The molecule has 0 bridgehead atoms. The number of aryl methyl sites for hydroxylation is 1. The summed E-state index contributed by atoms with van der Waals surface area (Å²) in [5, 5.41) is 23.4. The van der Waals surface area contributed by atoms with Gasteiger partial charge in [0, 0.05) is 5.56 Å². The molecule has 3 rings (SSSR count). The van der Waals surface area contributed by atoms with Gasteiger partial charge in [-0.15, -0.1) is 38.3 Å². The molecule has 3 aromatic rings. The lowest BCUT2D eigenvalue weighted by Crippen LogP contribution is -2.13. The molecule has 0 spiro atoms. The van der Waals surface area contributed by atoms with Crippen LogP contribution < -0.4 is 10.2 Å². The average Bonchev–Trinajstić information content (AvgIpc) is 3.33. The molecule has 0 aliphatic rings. The van der Waals surface area contributed by atoms with Gasteiger partial charge >= 0.3 is 0 Å². The lowest BCUT2D eigenvalue weighted by molar-refractivity contribution is 0.0333. The van der Waals surface area contributed by atoms with Crippen LogP contribution in [-0.2, 0) is 20.6 Å². The summed E-state index contributed by atoms with van der Waals surface area (Å²) in [6, 6.07) is 7.33.